The Morgan fingerprint density at radius 2 is 1.95 bits per heavy atom. The summed E-state index contributed by atoms with van der Waals surface area (Å²) in [5.74, 6) is 0.829. The van der Waals surface area contributed by atoms with E-state index in [1.54, 1.807) is 13.3 Å². The Morgan fingerprint density at radius 1 is 1.21 bits per heavy atom. The summed E-state index contributed by atoms with van der Waals surface area (Å²) in [5.41, 5.74) is 2.40. The first kappa shape index (κ1) is 14.5. The van der Waals surface area contributed by atoms with Gasteiger partial charge in [-0.25, -0.2) is 4.98 Å². The Bertz CT molecular complexity index is 561. The predicted octanol–water partition coefficient (Wildman–Crippen LogP) is 4.37. The summed E-state index contributed by atoms with van der Waals surface area (Å²) in [6.45, 7) is 1.33. The molecule has 0 fully saturated rings. The van der Waals surface area contributed by atoms with Crippen LogP contribution in [0.25, 0.3) is 0 Å². The number of aromatic nitrogens is 1. The summed E-state index contributed by atoms with van der Waals surface area (Å²) in [6, 6.07) is 10.2. The van der Waals surface area contributed by atoms with Crippen molar-refractivity contribution in [2.24, 2.45) is 0 Å². The number of methoxy groups -OCH3 is 1. The zero-order valence-corrected chi connectivity index (χ0v) is 13.7. The van der Waals surface area contributed by atoms with Gasteiger partial charge in [-0.3, -0.25) is 0 Å². The van der Waals surface area contributed by atoms with Crippen LogP contribution in [-0.2, 0) is 17.9 Å². The van der Waals surface area contributed by atoms with Crippen molar-refractivity contribution in [3.63, 3.8) is 0 Å². The van der Waals surface area contributed by atoms with Crippen LogP contribution in [0.15, 0.2) is 45.5 Å². The Morgan fingerprint density at radius 3 is 2.63 bits per heavy atom. The second-order valence-electron chi connectivity index (χ2n) is 4.04. The molecule has 0 saturated heterocycles. The van der Waals surface area contributed by atoms with Gasteiger partial charge in [-0.15, -0.1) is 0 Å². The fourth-order valence-electron chi connectivity index (χ4n) is 1.75. The van der Waals surface area contributed by atoms with E-state index >= 15 is 0 Å². The van der Waals surface area contributed by atoms with Gasteiger partial charge in [-0.2, -0.15) is 0 Å². The normalized spacial score (nSPS) is 10.5. The molecular weight excluding hydrogens is 372 g/mol. The van der Waals surface area contributed by atoms with Crippen molar-refractivity contribution in [2.75, 3.05) is 12.4 Å². The Balaban J connectivity index is 2.10. The van der Waals surface area contributed by atoms with E-state index in [2.05, 4.69) is 54.3 Å². The molecule has 1 aromatic carbocycles. The number of hydrogen-bond acceptors (Lipinski definition) is 3. The van der Waals surface area contributed by atoms with Crippen LogP contribution in [0.4, 0.5) is 5.82 Å². The molecule has 0 aliphatic rings. The third-order valence-corrected chi connectivity index (χ3v) is 3.71. The minimum atomic E-state index is 0.618. The van der Waals surface area contributed by atoms with Crippen LogP contribution >= 0.6 is 31.9 Å². The van der Waals surface area contributed by atoms with Crippen LogP contribution in [0, 0.1) is 0 Å². The van der Waals surface area contributed by atoms with Crippen LogP contribution in [0.5, 0.6) is 0 Å². The van der Waals surface area contributed by atoms with E-state index in [0.717, 1.165) is 14.8 Å². The SMILES string of the molecule is COCc1ccccc1CNc1ncc(Br)cc1Br. The van der Waals surface area contributed by atoms with Crippen molar-refractivity contribution in [1.82, 2.24) is 4.98 Å². The molecule has 1 N–H and O–H groups in total. The van der Waals surface area contributed by atoms with Gasteiger partial charge in [-0.05, 0) is 49.1 Å². The van der Waals surface area contributed by atoms with E-state index in [9.17, 15) is 0 Å². The van der Waals surface area contributed by atoms with Gasteiger partial charge in [0, 0.05) is 24.3 Å². The van der Waals surface area contributed by atoms with E-state index in [4.69, 9.17) is 4.74 Å². The zero-order valence-electron chi connectivity index (χ0n) is 10.5. The molecule has 3 nitrogen and oxygen atoms in total. The van der Waals surface area contributed by atoms with Gasteiger partial charge in [0.15, 0.2) is 0 Å². The van der Waals surface area contributed by atoms with Crippen LogP contribution in [0.3, 0.4) is 0 Å². The summed E-state index contributed by atoms with van der Waals surface area (Å²) in [7, 11) is 1.71. The maximum Gasteiger partial charge on any atom is 0.140 e. The molecule has 0 bridgehead atoms. The number of nitrogens with zero attached hydrogens (tertiary/aromatic N) is 1. The van der Waals surface area contributed by atoms with Crippen LogP contribution in [0.2, 0.25) is 0 Å². The van der Waals surface area contributed by atoms with Gasteiger partial charge in [0.1, 0.15) is 5.82 Å². The van der Waals surface area contributed by atoms with Gasteiger partial charge in [0.05, 0.1) is 11.1 Å². The number of ether oxygens (including phenoxy) is 1. The number of pyridine rings is 1. The summed E-state index contributed by atoms with van der Waals surface area (Å²) >= 11 is 6.88. The Labute approximate surface area is 129 Å². The highest BCUT2D eigenvalue weighted by atomic mass is 79.9. The van der Waals surface area contributed by atoms with Crippen molar-refractivity contribution >= 4 is 37.7 Å². The lowest BCUT2D eigenvalue weighted by atomic mass is 10.1. The highest BCUT2D eigenvalue weighted by Gasteiger charge is 2.04. The fourth-order valence-corrected chi connectivity index (χ4v) is 2.88. The third-order valence-electron chi connectivity index (χ3n) is 2.67. The first-order valence-corrected chi connectivity index (χ1v) is 7.40. The second-order valence-corrected chi connectivity index (χ2v) is 5.81. The predicted molar refractivity (Wildman–Crippen MR) is 84.1 cm³/mol. The van der Waals surface area contributed by atoms with E-state index in [0.29, 0.717) is 13.2 Å². The van der Waals surface area contributed by atoms with E-state index < -0.39 is 0 Å². The van der Waals surface area contributed by atoms with Crippen LogP contribution < -0.4 is 5.32 Å². The molecule has 19 heavy (non-hydrogen) atoms. The molecular formula is C14H14Br2N2O. The Hall–Kier alpha value is -0.910. The first-order valence-electron chi connectivity index (χ1n) is 5.81. The fraction of sp³-hybridized carbons (Fsp3) is 0.214. The zero-order chi connectivity index (χ0) is 13.7. The van der Waals surface area contributed by atoms with Crippen molar-refractivity contribution in [1.29, 1.82) is 0 Å². The highest BCUT2D eigenvalue weighted by molar-refractivity contribution is 9.11. The molecule has 0 atom stereocenters. The highest BCUT2D eigenvalue weighted by Crippen LogP contribution is 2.24. The van der Waals surface area contributed by atoms with Crippen molar-refractivity contribution in [2.45, 2.75) is 13.2 Å². The molecule has 0 aliphatic heterocycles. The number of anilines is 1. The maximum absolute atomic E-state index is 5.20. The van der Waals surface area contributed by atoms with Crippen LogP contribution in [-0.4, -0.2) is 12.1 Å². The minimum absolute atomic E-state index is 0.618. The van der Waals surface area contributed by atoms with Gasteiger partial charge < -0.3 is 10.1 Å². The summed E-state index contributed by atoms with van der Waals surface area (Å²) < 4.78 is 7.09. The lowest BCUT2D eigenvalue weighted by molar-refractivity contribution is 0.184. The topological polar surface area (TPSA) is 34.1 Å². The molecule has 0 unspecified atom stereocenters. The molecule has 5 heteroatoms. The van der Waals surface area contributed by atoms with Gasteiger partial charge in [0.2, 0.25) is 0 Å². The number of hydrogen-bond donors (Lipinski definition) is 1. The number of halogens is 2. The van der Waals surface area contributed by atoms with Crippen molar-refractivity contribution in [3.8, 4) is 0 Å². The second kappa shape index (κ2) is 7.03. The quantitative estimate of drug-likeness (QED) is 0.829. The summed E-state index contributed by atoms with van der Waals surface area (Å²) in [4.78, 5) is 4.33. The maximum atomic E-state index is 5.20. The molecule has 0 radical (unpaired) electrons. The molecule has 0 aliphatic carbocycles. The van der Waals surface area contributed by atoms with Crippen LogP contribution in [0.1, 0.15) is 11.1 Å². The largest absolute Gasteiger partial charge is 0.380 e. The van der Waals surface area contributed by atoms with Gasteiger partial charge in [-0.1, -0.05) is 24.3 Å². The monoisotopic (exact) mass is 384 g/mol. The molecule has 2 aromatic rings. The summed E-state index contributed by atoms with van der Waals surface area (Å²) in [5, 5.41) is 3.32. The third kappa shape index (κ3) is 4.03. The molecule has 100 valence electrons. The molecule has 2 rings (SSSR count). The average molecular weight is 386 g/mol. The smallest absolute Gasteiger partial charge is 0.140 e. The van der Waals surface area contributed by atoms with E-state index in [1.165, 1.54) is 11.1 Å². The molecule has 0 spiro atoms. The first-order chi connectivity index (χ1) is 9.20. The van der Waals surface area contributed by atoms with Gasteiger partial charge in [0.25, 0.3) is 0 Å². The molecule has 0 amide bonds. The van der Waals surface area contributed by atoms with Gasteiger partial charge >= 0.3 is 0 Å². The van der Waals surface area contributed by atoms with Crippen molar-refractivity contribution < 1.29 is 4.74 Å². The molecule has 1 aromatic heterocycles. The van der Waals surface area contributed by atoms with E-state index in [1.807, 2.05) is 18.2 Å². The number of nitrogens with one attached hydrogen (secondary N) is 1. The average Bonchev–Trinajstić information content (AvgIpc) is 2.40. The molecule has 0 saturated carbocycles. The summed E-state index contributed by atoms with van der Waals surface area (Å²) in [6.07, 6.45) is 1.77. The number of rotatable bonds is 5. The number of benzene rings is 1. The Kier molecular flexibility index (Phi) is 5.36. The van der Waals surface area contributed by atoms with E-state index in [-0.39, 0.29) is 0 Å². The minimum Gasteiger partial charge on any atom is -0.380 e. The van der Waals surface area contributed by atoms with Crippen molar-refractivity contribution in [3.05, 3.63) is 56.6 Å². The lowest BCUT2D eigenvalue weighted by Gasteiger charge is -2.11. The lowest BCUT2D eigenvalue weighted by Crippen LogP contribution is -2.05. The molecule has 1 heterocycles. The standard InChI is InChI=1S/C14H14Br2N2O/c1-19-9-11-5-3-2-4-10(11)7-17-14-13(16)6-12(15)8-18-14/h2-6,8H,7,9H2,1H3,(H,17,18).